The summed E-state index contributed by atoms with van der Waals surface area (Å²) in [5, 5.41) is 5.62. The number of primary amides is 1. The van der Waals surface area contributed by atoms with Gasteiger partial charge in [0.25, 0.3) is 5.91 Å². The summed E-state index contributed by atoms with van der Waals surface area (Å²) in [4.78, 5) is 22.1. The molecule has 0 aliphatic rings. The molecule has 0 radical (unpaired) electrons. The number of nitrogens with one attached hydrogen (secondary N) is 2. The van der Waals surface area contributed by atoms with E-state index in [0.29, 0.717) is 24.4 Å². The first kappa shape index (κ1) is 17.2. The molecule has 4 N–H and O–H groups in total. The van der Waals surface area contributed by atoms with Gasteiger partial charge in [0.05, 0.1) is 0 Å². The largest absolute Gasteiger partial charge is 0.484 e. The summed E-state index contributed by atoms with van der Waals surface area (Å²) in [6, 6.07) is 6.80. The van der Waals surface area contributed by atoms with Crippen molar-refractivity contribution in [2.75, 3.05) is 25.5 Å². The Bertz CT molecular complexity index is 426. The number of amides is 2. The number of carbonyl (C=O) groups excluding carboxylic acids is 2. The minimum absolute atomic E-state index is 0. The lowest BCUT2D eigenvalue weighted by Crippen LogP contribution is -2.20. The monoisotopic (exact) mass is 287 g/mol. The fourth-order valence-corrected chi connectivity index (χ4v) is 1.28. The third kappa shape index (κ3) is 7.28. The highest BCUT2D eigenvalue weighted by molar-refractivity contribution is 5.91. The van der Waals surface area contributed by atoms with Gasteiger partial charge in [-0.2, -0.15) is 0 Å². The van der Waals surface area contributed by atoms with Crippen molar-refractivity contribution in [2.45, 2.75) is 6.42 Å². The first-order chi connectivity index (χ1) is 8.61. The summed E-state index contributed by atoms with van der Waals surface area (Å²) >= 11 is 0. The van der Waals surface area contributed by atoms with Gasteiger partial charge in [0.15, 0.2) is 6.61 Å². The van der Waals surface area contributed by atoms with Gasteiger partial charge in [-0.05, 0) is 19.2 Å². The summed E-state index contributed by atoms with van der Waals surface area (Å²) < 4.78 is 5.13. The molecule has 0 aromatic heterocycles. The molecule has 2 amide bonds. The number of halogens is 1. The molecule has 1 aromatic rings. The lowest BCUT2D eigenvalue weighted by molar-refractivity contribution is -0.120. The molecule has 6 nitrogen and oxygen atoms in total. The smallest absolute Gasteiger partial charge is 0.255 e. The third-order valence-corrected chi connectivity index (χ3v) is 2.10. The molecule has 7 heteroatoms. The average molecular weight is 288 g/mol. The SMILES string of the molecule is CNCCC(=O)Nc1cccc(OCC(N)=O)c1.Cl. The maximum absolute atomic E-state index is 11.5. The van der Waals surface area contributed by atoms with Crippen LogP contribution in [-0.4, -0.2) is 32.0 Å². The fraction of sp³-hybridized carbons (Fsp3) is 0.333. The van der Waals surface area contributed by atoms with Gasteiger partial charge in [0.2, 0.25) is 5.91 Å². The van der Waals surface area contributed by atoms with Crippen LogP contribution >= 0.6 is 12.4 Å². The van der Waals surface area contributed by atoms with Crippen LogP contribution < -0.4 is 21.1 Å². The summed E-state index contributed by atoms with van der Waals surface area (Å²) in [7, 11) is 1.78. The van der Waals surface area contributed by atoms with E-state index < -0.39 is 5.91 Å². The van der Waals surface area contributed by atoms with Crippen molar-refractivity contribution in [1.29, 1.82) is 0 Å². The van der Waals surface area contributed by atoms with Crippen LogP contribution in [0.5, 0.6) is 5.75 Å². The maximum Gasteiger partial charge on any atom is 0.255 e. The quantitative estimate of drug-likeness (QED) is 0.681. The molecule has 1 aromatic carbocycles. The Hall–Kier alpha value is -1.79. The van der Waals surface area contributed by atoms with E-state index in [0.717, 1.165) is 0 Å². The van der Waals surface area contributed by atoms with E-state index in [4.69, 9.17) is 10.5 Å². The first-order valence-corrected chi connectivity index (χ1v) is 5.57. The van der Waals surface area contributed by atoms with E-state index in [2.05, 4.69) is 10.6 Å². The molecular weight excluding hydrogens is 270 g/mol. The van der Waals surface area contributed by atoms with Crippen LogP contribution in [0.4, 0.5) is 5.69 Å². The van der Waals surface area contributed by atoms with Gasteiger partial charge in [0.1, 0.15) is 5.75 Å². The Morgan fingerprint density at radius 1 is 1.37 bits per heavy atom. The van der Waals surface area contributed by atoms with Crippen LogP contribution in [0.15, 0.2) is 24.3 Å². The van der Waals surface area contributed by atoms with E-state index >= 15 is 0 Å². The fourth-order valence-electron chi connectivity index (χ4n) is 1.28. The van der Waals surface area contributed by atoms with Gasteiger partial charge in [0, 0.05) is 24.7 Å². The van der Waals surface area contributed by atoms with Crippen LogP contribution in [0.1, 0.15) is 6.42 Å². The van der Waals surface area contributed by atoms with E-state index in [1.807, 2.05) is 0 Å². The molecular formula is C12H18ClN3O3. The van der Waals surface area contributed by atoms with Gasteiger partial charge in [-0.3, -0.25) is 9.59 Å². The number of benzene rings is 1. The van der Waals surface area contributed by atoms with Crippen molar-refractivity contribution in [2.24, 2.45) is 5.73 Å². The second-order valence-corrected chi connectivity index (χ2v) is 3.68. The highest BCUT2D eigenvalue weighted by Gasteiger charge is 2.03. The first-order valence-electron chi connectivity index (χ1n) is 5.57. The van der Waals surface area contributed by atoms with E-state index in [1.165, 1.54) is 0 Å². The standard InChI is InChI=1S/C12H17N3O3.ClH/c1-14-6-5-12(17)15-9-3-2-4-10(7-9)18-8-11(13)16;/h2-4,7,14H,5-6,8H2,1H3,(H2,13,16)(H,15,17);1H. The molecule has 106 valence electrons. The Morgan fingerprint density at radius 3 is 2.74 bits per heavy atom. The molecule has 1 rings (SSSR count). The van der Waals surface area contributed by atoms with E-state index in [-0.39, 0.29) is 24.9 Å². The number of hydrogen-bond acceptors (Lipinski definition) is 4. The molecule has 0 aliphatic carbocycles. The minimum Gasteiger partial charge on any atom is -0.484 e. The molecule has 0 atom stereocenters. The number of hydrogen-bond donors (Lipinski definition) is 3. The lowest BCUT2D eigenvalue weighted by atomic mass is 10.3. The predicted octanol–water partition coefficient (Wildman–Crippen LogP) is 0.520. The van der Waals surface area contributed by atoms with Gasteiger partial charge >= 0.3 is 0 Å². The van der Waals surface area contributed by atoms with Crippen LogP contribution in [0.3, 0.4) is 0 Å². The van der Waals surface area contributed by atoms with Crippen molar-refractivity contribution >= 4 is 29.9 Å². The number of anilines is 1. The normalized spacial score (nSPS) is 9.32. The molecule has 0 aliphatic heterocycles. The van der Waals surface area contributed by atoms with Crippen LogP contribution in [-0.2, 0) is 9.59 Å². The Balaban J connectivity index is 0.00000324. The zero-order valence-electron chi connectivity index (χ0n) is 10.6. The van der Waals surface area contributed by atoms with Crippen molar-refractivity contribution in [3.63, 3.8) is 0 Å². The van der Waals surface area contributed by atoms with Gasteiger partial charge in [-0.15, -0.1) is 12.4 Å². The Kier molecular flexibility index (Phi) is 8.32. The Morgan fingerprint density at radius 2 is 2.11 bits per heavy atom. The summed E-state index contributed by atoms with van der Waals surface area (Å²) in [5.74, 6) is -0.143. The van der Waals surface area contributed by atoms with E-state index in [9.17, 15) is 9.59 Å². The highest BCUT2D eigenvalue weighted by Crippen LogP contribution is 2.17. The van der Waals surface area contributed by atoms with E-state index in [1.54, 1.807) is 31.3 Å². The summed E-state index contributed by atoms with van der Waals surface area (Å²) in [5.41, 5.74) is 5.60. The Labute approximate surface area is 118 Å². The predicted molar refractivity (Wildman–Crippen MR) is 75.6 cm³/mol. The third-order valence-electron chi connectivity index (χ3n) is 2.10. The molecule has 0 spiro atoms. The molecule has 19 heavy (non-hydrogen) atoms. The van der Waals surface area contributed by atoms with Crippen LogP contribution in [0.25, 0.3) is 0 Å². The summed E-state index contributed by atoms with van der Waals surface area (Å²) in [6.45, 7) is 0.431. The van der Waals surface area contributed by atoms with Crippen molar-refractivity contribution in [3.8, 4) is 5.75 Å². The topological polar surface area (TPSA) is 93.4 Å². The maximum atomic E-state index is 11.5. The van der Waals surface area contributed by atoms with Crippen LogP contribution in [0, 0.1) is 0 Å². The van der Waals surface area contributed by atoms with Crippen LogP contribution in [0.2, 0.25) is 0 Å². The summed E-state index contributed by atoms with van der Waals surface area (Å²) in [6.07, 6.45) is 0.392. The molecule has 0 unspecified atom stereocenters. The van der Waals surface area contributed by atoms with Crippen molar-refractivity contribution in [1.82, 2.24) is 5.32 Å². The number of ether oxygens (including phenoxy) is 1. The molecule has 0 saturated heterocycles. The molecule has 0 bridgehead atoms. The zero-order chi connectivity index (χ0) is 13.4. The second-order valence-electron chi connectivity index (χ2n) is 3.68. The van der Waals surface area contributed by atoms with Gasteiger partial charge in [-0.1, -0.05) is 6.07 Å². The molecule has 0 saturated carbocycles. The molecule has 0 fully saturated rings. The van der Waals surface area contributed by atoms with Crippen molar-refractivity contribution in [3.05, 3.63) is 24.3 Å². The minimum atomic E-state index is -0.543. The zero-order valence-corrected chi connectivity index (χ0v) is 11.5. The van der Waals surface area contributed by atoms with Gasteiger partial charge < -0.3 is 21.1 Å². The highest BCUT2D eigenvalue weighted by atomic mass is 35.5. The molecule has 0 heterocycles. The number of rotatable bonds is 7. The van der Waals surface area contributed by atoms with Crippen molar-refractivity contribution < 1.29 is 14.3 Å². The second kappa shape index (κ2) is 9.18. The van der Waals surface area contributed by atoms with Gasteiger partial charge in [-0.25, -0.2) is 0 Å². The lowest BCUT2D eigenvalue weighted by Gasteiger charge is -2.08. The number of nitrogens with two attached hydrogens (primary N) is 1. The number of carbonyl (C=O) groups is 2. The average Bonchev–Trinajstić information content (AvgIpc) is 2.34.